The number of hydrogen-bond acceptors (Lipinski definition) is 4. The van der Waals surface area contributed by atoms with Gasteiger partial charge in [-0.3, -0.25) is 10.1 Å². The Labute approximate surface area is 128 Å². The lowest BCUT2D eigenvalue weighted by molar-refractivity contribution is -0.385. The molecule has 20 heavy (non-hydrogen) atoms. The number of nitrogens with one attached hydrogen (secondary N) is 1. The molecule has 1 N–H and O–H groups in total. The lowest BCUT2D eigenvalue weighted by atomic mass is 10.0. The van der Waals surface area contributed by atoms with Crippen LogP contribution in [0.25, 0.3) is 0 Å². The maximum atomic E-state index is 11.0. The van der Waals surface area contributed by atoms with Crippen molar-refractivity contribution in [3.8, 4) is 0 Å². The summed E-state index contributed by atoms with van der Waals surface area (Å²) in [5.41, 5.74) is 0.811. The molecule has 1 aromatic carbocycles. The summed E-state index contributed by atoms with van der Waals surface area (Å²) in [5.74, 6) is 0.396. The van der Waals surface area contributed by atoms with Gasteiger partial charge in [-0.15, -0.1) is 0 Å². The van der Waals surface area contributed by atoms with Crippen molar-refractivity contribution in [2.24, 2.45) is 5.92 Å². The maximum Gasteiger partial charge on any atom is 0.273 e. The van der Waals surface area contributed by atoms with Crippen LogP contribution in [0.15, 0.2) is 22.7 Å². The fourth-order valence-electron chi connectivity index (χ4n) is 1.85. The summed E-state index contributed by atoms with van der Waals surface area (Å²) < 4.78 is 6.28. The SMILES string of the molecule is CCOCC(NCc1cc(Br)ccc1[N+](=O)[O-])C(C)C. The fourth-order valence-corrected chi connectivity index (χ4v) is 2.26. The Morgan fingerprint density at radius 2 is 2.15 bits per heavy atom. The quantitative estimate of drug-likeness (QED) is 0.578. The molecule has 0 saturated carbocycles. The van der Waals surface area contributed by atoms with E-state index in [1.807, 2.05) is 6.92 Å². The third-order valence-electron chi connectivity index (χ3n) is 3.10. The van der Waals surface area contributed by atoms with E-state index in [9.17, 15) is 10.1 Å². The Morgan fingerprint density at radius 3 is 2.70 bits per heavy atom. The Kier molecular flexibility index (Phi) is 7.12. The first-order valence-electron chi connectivity index (χ1n) is 6.69. The molecule has 0 aromatic heterocycles. The average Bonchev–Trinajstić information content (AvgIpc) is 2.38. The Balaban J connectivity index is 2.76. The Hall–Kier alpha value is -0.980. The molecule has 112 valence electrons. The number of rotatable bonds is 8. The summed E-state index contributed by atoms with van der Waals surface area (Å²) in [6.07, 6.45) is 0. The van der Waals surface area contributed by atoms with Crippen molar-refractivity contribution in [2.75, 3.05) is 13.2 Å². The average molecular weight is 345 g/mol. The third-order valence-corrected chi connectivity index (χ3v) is 3.59. The zero-order valence-corrected chi connectivity index (χ0v) is 13.6. The van der Waals surface area contributed by atoms with Crippen LogP contribution in [0, 0.1) is 16.0 Å². The highest BCUT2D eigenvalue weighted by Gasteiger charge is 2.17. The number of nitro groups is 1. The van der Waals surface area contributed by atoms with Gasteiger partial charge in [-0.1, -0.05) is 29.8 Å². The van der Waals surface area contributed by atoms with Gasteiger partial charge in [0, 0.05) is 35.3 Å². The Morgan fingerprint density at radius 1 is 1.45 bits per heavy atom. The molecule has 0 spiro atoms. The molecule has 0 fully saturated rings. The number of ether oxygens (including phenoxy) is 1. The topological polar surface area (TPSA) is 64.4 Å². The largest absolute Gasteiger partial charge is 0.380 e. The van der Waals surface area contributed by atoms with Crippen LogP contribution in [0.4, 0.5) is 5.69 Å². The molecule has 1 unspecified atom stereocenters. The van der Waals surface area contributed by atoms with Crippen LogP contribution in [0.2, 0.25) is 0 Å². The van der Waals surface area contributed by atoms with Crippen LogP contribution in [-0.2, 0) is 11.3 Å². The standard InChI is InChI=1S/C14H21BrN2O3/c1-4-20-9-13(10(2)3)16-8-11-7-12(15)5-6-14(11)17(18)19/h5-7,10,13,16H,4,8-9H2,1-3H3. The van der Waals surface area contributed by atoms with Gasteiger partial charge in [0.25, 0.3) is 5.69 Å². The molecule has 0 saturated heterocycles. The van der Waals surface area contributed by atoms with Crippen molar-refractivity contribution in [2.45, 2.75) is 33.4 Å². The summed E-state index contributed by atoms with van der Waals surface area (Å²) >= 11 is 3.35. The number of nitrogens with zero attached hydrogens (tertiary/aromatic N) is 1. The van der Waals surface area contributed by atoms with E-state index in [0.29, 0.717) is 31.2 Å². The second-order valence-electron chi connectivity index (χ2n) is 4.92. The highest BCUT2D eigenvalue weighted by molar-refractivity contribution is 9.10. The van der Waals surface area contributed by atoms with E-state index < -0.39 is 0 Å². The molecular weight excluding hydrogens is 324 g/mol. The summed E-state index contributed by atoms with van der Waals surface area (Å²) in [7, 11) is 0. The molecular formula is C14H21BrN2O3. The van der Waals surface area contributed by atoms with E-state index in [1.54, 1.807) is 12.1 Å². The lowest BCUT2D eigenvalue weighted by Crippen LogP contribution is -2.37. The molecule has 6 heteroatoms. The summed E-state index contributed by atoms with van der Waals surface area (Å²) in [5, 5.41) is 14.4. The molecule has 1 rings (SSSR count). The molecule has 0 aliphatic heterocycles. The van der Waals surface area contributed by atoms with E-state index in [-0.39, 0.29) is 16.7 Å². The third kappa shape index (κ3) is 5.19. The van der Waals surface area contributed by atoms with E-state index >= 15 is 0 Å². The molecule has 0 amide bonds. The second kappa shape index (κ2) is 8.34. The van der Waals surface area contributed by atoms with Crippen LogP contribution < -0.4 is 5.32 Å². The van der Waals surface area contributed by atoms with Crippen LogP contribution >= 0.6 is 15.9 Å². The highest BCUT2D eigenvalue weighted by Crippen LogP contribution is 2.23. The van der Waals surface area contributed by atoms with Crippen molar-refractivity contribution < 1.29 is 9.66 Å². The van der Waals surface area contributed by atoms with E-state index in [0.717, 1.165) is 4.47 Å². The first-order chi connectivity index (χ1) is 9.45. The minimum absolute atomic E-state index is 0.139. The molecule has 0 heterocycles. The van der Waals surface area contributed by atoms with Crippen LogP contribution in [0.3, 0.4) is 0 Å². The molecule has 5 nitrogen and oxygen atoms in total. The molecule has 1 aromatic rings. The molecule has 0 aliphatic carbocycles. The van der Waals surface area contributed by atoms with Crippen LogP contribution in [0.1, 0.15) is 26.3 Å². The van der Waals surface area contributed by atoms with E-state index in [1.165, 1.54) is 6.07 Å². The normalized spacial score (nSPS) is 12.7. The lowest BCUT2D eigenvalue weighted by Gasteiger charge is -2.22. The van der Waals surface area contributed by atoms with Crippen LogP contribution in [0.5, 0.6) is 0 Å². The molecule has 0 bridgehead atoms. The number of halogens is 1. The first-order valence-corrected chi connectivity index (χ1v) is 7.49. The predicted octanol–water partition coefficient (Wildman–Crippen LogP) is 3.51. The summed E-state index contributed by atoms with van der Waals surface area (Å²) in [4.78, 5) is 10.7. The van der Waals surface area contributed by atoms with Gasteiger partial charge in [0.1, 0.15) is 0 Å². The van der Waals surface area contributed by atoms with Crippen LogP contribution in [-0.4, -0.2) is 24.2 Å². The monoisotopic (exact) mass is 344 g/mol. The number of hydrogen-bond donors (Lipinski definition) is 1. The van der Waals surface area contributed by atoms with Crippen molar-refractivity contribution in [1.29, 1.82) is 0 Å². The maximum absolute atomic E-state index is 11.0. The molecule has 0 aliphatic rings. The van der Waals surface area contributed by atoms with Gasteiger partial charge in [-0.25, -0.2) is 0 Å². The Bertz CT molecular complexity index is 452. The number of nitro benzene ring substituents is 1. The number of benzene rings is 1. The smallest absolute Gasteiger partial charge is 0.273 e. The van der Waals surface area contributed by atoms with Gasteiger partial charge in [-0.2, -0.15) is 0 Å². The fraction of sp³-hybridized carbons (Fsp3) is 0.571. The minimum atomic E-state index is -0.351. The first kappa shape index (κ1) is 17.1. The van der Waals surface area contributed by atoms with Gasteiger partial charge in [0.15, 0.2) is 0 Å². The van der Waals surface area contributed by atoms with E-state index in [4.69, 9.17) is 4.74 Å². The molecule has 1 atom stereocenters. The summed E-state index contributed by atoms with van der Waals surface area (Å²) in [6.45, 7) is 7.89. The summed E-state index contributed by atoms with van der Waals surface area (Å²) in [6, 6.07) is 5.16. The van der Waals surface area contributed by atoms with Gasteiger partial charge in [0.05, 0.1) is 11.5 Å². The zero-order valence-electron chi connectivity index (χ0n) is 12.1. The van der Waals surface area contributed by atoms with E-state index in [2.05, 4.69) is 35.1 Å². The van der Waals surface area contributed by atoms with Gasteiger partial charge < -0.3 is 10.1 Å². The van der Waals surface area contributed by atoms with Gasteiger partial charge in [-0.05, 0) is 25.0 Å². The second-order valence-corrected chi connectivity index (χ2v) is 5.84. The van der Waals surface area contributed by atoms with Gasteiger partial charge >= 0.3 is 0 Å². The van der Waals surface area contributed by atoms with Crippen molar-refractivity contribution in [1.82, 2.24) is 5.32 Å². The molecule has 0 radical (unpaired) electrons. The zero-order chi connectivity index (χ0) is 15.1. The predicted molar refractivity (Wildman–Crippen MR) is 82.8 cm³/mol. The van der Waals surface area contributed by atoms with Crippen molar-refractivity contribution in [3.63, 3.8) is 0 Å². The van der Waals surface area contributed by atoms with Crippen molar-refractivity contribution in [3.05, 3.63) is 38.3 Å². The van der Waals surface area contributed by atoms with Crippen molar-refractivity contribution >= 4 is 21.6 Å². The minimum Gasteiger partial charge on any atom is -0.380 e. The highest BCUT2D eigenvalue weighted by atomic mass is 79.9. The van der Waals surface area contributed by atoms with Gasteiger partial charge in [0.2, 0.25) is 0 Å².